The maximum absolute atomic E-state index is 12.9. The fourth-order valence-electron chi connectivity index (χ4n) is 5.49. The van der Waals surface area contributed by atoms with Crippen molar-refractivity contribution < 1.29 is 32.5 Å². The van der Waals surface area contributed by atoms with Gasteiger partial charge in [0.2, 0.25) is 5.88 Å². The van der Waals surface area contributed by atoms with Gasteiger partial charge in [-0.2, -0.15) is 5.10 Å². The summed E-state index contributed by atoms with van der Waals surface area (Å²) < 4.78 is 48.5. The second-order valence-corrected chi connectivity index (χ2v) is 10.1. The van der Waals surface area contributed by atoms with Gasteiger partial charge in [-0.1, -0.05) is 11.6 Å². The molecule has 3 saturated carbocycles. The predicted octanol–water partition coefficient (Wildman–Crippen LogP) is 4.13. The summed E-state index contributed by atoms with van der Waals surface area (Å²) in [6.07, 6.45) is 0.571. The highest BCUT2D eigenvalue weighted by molar-refractivity contribution is 6.30. The van der Waals surface area contributed by atoms with Gasteiger partial charge in [-0.3, -0.25) is 9.48 Å². The Morgan fingerprint density at radius 1 is 1.19 bits per heavy atom. The van der Waals surface area contributed by atoms with Gasteiger partial charge in [-0.25, -0.2) is 4.98 Å². The number of amides is 1. The minimum Gasteiger partial charge on any atom is -0.480 e. The first kappa shape index (κ1) is 23.1. The molecule has 36 heavy (non-hydrogen) atoms. The summed E-state index contributed by atoms with van der Waals surface area (Å²) in [5, 5.41) is 18.5. The second kappa shape index (κ2) is 7.84. The van der Waals surface area contributed by atoms with Crippen LogP contribution in [0.15, 0.2) is 48.9 Å². The number of rotatable bonds is 5. The van der Waals surface area contributed by atoms with Crippen LogP contribution < -0.4 is 14.8 Å². The summed E-state index contributed by atoms with van der Waals surface area (Å²) in [5.41, 5.74) is 1.35. The predicted molar refractivity (Wildman–Crippen MR) is 120 cm³/mol. The van der Waals surface area contributed by atoms with E-state index in [1.807, 2.05) is 10.9 Å². The summed E-state index contributed by atoms with van der Waals surface area (Å²) in [6, 6.07) is 7.59. The van der Waals surface area contributed by atoms with E-state index in [0.717, 1.165) is 6.07 Å². The zero-order valence-corrected chi connectivity index (χ0v) is 19.4. The molecule has 12 heteroatoms. The Bertz CT molecular complexity index is 1320. The molecule has 0 saturated heterocycles. The molecule has 3 fully saturated rings. The molecule has 0 spiro atoms. The molecule has 4 aliphatic rings. The lowest BCUT2D eigenvalue weighted by Gasteiger charge is -2.70. The van der Waals surface area contributed by atoms with Gasteiger partial charge in [0.15, 0.2) is 6.10 Å². The number of carbonyl (C=O) groups is 1. The van der Waals surface area contributed by atoms with Crippen molar-refractivity contribution in [1.29, 1.82) is 0 Å². The van der Waals surface area contributed by atoms with Crippen molar-refractivity contribution in [3.63, 3.8) is 0 Å². The molecule has 2 atom stereocenters. The molecule has 0 unspecified atom stereocenters. The molecular weight excluding hydrogens is 501 g/mol. The van der Waals surface area contributed by atoms with Crippen molar-refractivity contribution >= 4 is 17.5 Å². The molecule has 2 aromatic heterocycles. The first-order chi connectivity index (χ1) is 17.0. The minimum absolute atomic E-state index is 0.143. The molecule has 1 amide bonds. The van der Waals surface area contributed by atoms with Crippen molar-refractivity contribution in [2.24, 2.45) is 0 Å². The molecule has 3 aliphatic carbocycles. The molecule has 3 heterocycles. The number of alkyl halides is 3. The van der Waals surface area contributed by atoms with Crippen LogP contribution in [0.1, 0.15) is 37.4 Å². The third-order valence-corrected chi connectivity index (χ3v) is 7.31. The van der Waals surface area contributed by atoms with E-state index < -0.39 is 24.5 Å². The number of ether oxygens (including phenoxy) is 2. The summed E-state index contributed by atoms with van der Waals surface area (Å²) >= 11 is 5.99. The van der Waals surface area contributed by atoms with Crippen molar-refractivity contribution in [3.8, 4) is 22.8 Å². The van der Waals surface area contributed by atoms with E-state index in [9.17, 15) is 23.1 Å². The van der Waals surface area contributed by atoms with Gasteiger partial charge in [0.05, 0.1) is 17.8 Å². The average Bonchev–Trinajstić information content (AvgIpc) is 3.24. The Hall–Kier alpha value is -3.31. The third kappa shape index (κ3) is 3.96. The number of nitrogens with one attached hydrogen (secondary N) is 1. The molecule has 2 bridgehead atoms. The van der Waals surface area contributed by atoms with E-state index in [0.29, 0.717) is 46.7 Å². The molecule has 2 N–H and O–H groups in total. The number of carbonyl (C=O) groups excluding carboxylic acids is 1. The zero-order chi connectivity index (χ0) is 25.3. The maximum Gasteiger partial charge on any atom is 0.574 e. The third-order valence-electron chi connectivity index (χ3n) is 7.08. The zero-order valence-electron chi connectivity index (χ0n) is 18.6. The number of fused-ring (bicyclic) bond motifs is 1. The molecular formula is C24H20ClF3N4O4. The SMILES string of the molecule is O=C(NC12CC(n3cc(-c4ccc(OC(F)(F)F)nc4)cn3)(C1)C2)[C@@H]1C[C@@H](O)c2cc(Cl)ccc2O1. The highest BCUT2D eigenvalue weighted by atomic mass is 35.5. The van der Waals surface area contributed by atoms with E-state index in [1.54, 1.807) is 24.4 Å². The van der Waals surface area contributed by atoms with E-state index in [1.165, 1.54) is 12.3 Å². The quantitative estimate of drug-likeness (QED) is 0.525. The number of halogens is 4. The van der Waals surface area contributed by atoms with Gasteiger partial charge in [-0.15, -0.1) is 13.2 Å². The van der Waals surface area contributed by atoms with Crippen molar-refractivity contribution in [3.05, 3.63) is 59.5 Å². The van der Waals surface area contributed by atoms with Crippen LogP contribution >= 0.6 is 11.6 Å². The topological polar surface area (TPSA) is 98.5 Å². The Morgan fingerprint density at radius 2 is 1.97 bits per heavy atom. The monoisotopic (exact) mass is 520 g/mol. The van der Waals surface area contributed by atoms with Crippen LogP contribution in [0.2, 0.25) is 5.02 Å². The molecule has 188 valence electrons. The minimum atomic E-state index is -4.80. The summed E-state index contributed by atoms with van der Waals surface area (Å²) in [4.78, 5) is 16.6. The lowest BCUT2D eigenvalue weighted by molar-refractivity contribution is -0.276. The molecule has 1 aliphatic heterocycles. The van der Waals surface area contributed by atoms with Crippen LogP contribution in [-0.4, -0.2) is 43.8 Å². The molecule has 3 aromatic rings. The van der Waals surface area contributed by atoms with Crippen LogP contribution in [0.25, 0.3) is 11.1 Å². The van der Waals surface area contributed by atoms with Crippen LogP contribution in [-0.2, 0) is 10.3 Å². The Morgan fingerprint density at radius 3 is 2.67 bits per heavy atom. The Labute approximate surface area is 208 Å². The molecule has 0 radical (unpaired) electrons. The summed E-state index contributed by atoms with van der Waals surface area (Å²) in [5.74, 6) is -0.349. The van der Waals surface area contributed by atoms with E-state index >= 15 is 0 Å². The van der Waals surface area contributed by atoms with Crippen molar-refractivity contribution in [1.82, 2.24) is 20.1 Å². The number of aliphatic hydroxyl groups is 1. The lowest BCUT2D eigenvalue weighted by Crippen LogP contribution is -2.79. The summed E-state index contributed by atoms with van der Waals surface area (Å²) in [7, 11) is 0. The number of aromatic nitrogens is 3. The van der Waals surface area contributed by atoms with Crippen LogP contribution in [0.3, 0.4) is 0 Å². The normalized spacial score (nSPS) is 28.2. The molecule has 7 rings (SSSR count). The first-order valence-electron chi connectivity index (χ1n) is 11.3. The number of hydrogen-bond acceptors (Lipinski definition) is 6. The van der Waals surface area contributed by atoms with Gasteiger partial charge in [0.25, 0.3) is 5.91 Å². The smallest absolute Gasteiger partial charge is 0.480 e. The number of aliphatic hydroxyl groups excluding tert-OH is 1. The molecule has 8 nitrogen and oxygen atoms in total. The summed E-state index contributed by atoms with van der Waals surface area (Å²) in [6.45, 7) is 0. The molecule has 1 aromatic carbocycles. The highest BCUT2D eigenvalue weighted by Gasteiger charge is 2.70. The average molecular weight is 521 g/mol. The number of benzene rings is 1. The highest BCUT2D eigenvalue weighted by Crippen LogP contribution is 2.65. The number of hydrogen-bond donors (Lipinski definition) is 2. The number of pyridine rings is 1. The van der Waals surface area contributed by atoms with Gasteiger partial charge < -0.3 is 19.9 Å². The Balaban J connectivity index is 1.07. The fraction of sp³-hybridized carbons (Fsp3) is 0.375. The van der Waals surface area contributed by atoms with Crippen molar-refractivity contribution in [2.75, 3.05) is 0 Å². The van der Waals surface area contributed by atoms with Gasteiger partial charge in [-0.05, 0) is 43.5 Å². The van der Waals surface area contributed by atoms with E-state index in [-0.39, 0.29) is 23.4 Å². The van der Waals surface area contributed by atoms with Crippen molar-refractivity contribution in [2.45, 2.75) is 55.3 Å². The van der Waals surface area contributed by atoms with E-state index in [4.69, 9.17) is 16.3 Å². The fourth-order valence-corrected chi connectivity index (χ4v) is 5.67. The van der Waals surface area contributed by atoms with Gasteiger partial charge in [0.1, 0.15) is 5.75 Å². The first-order valence-corrected chi connectivity index (χ1v) is 11.6. The van der Waals surface area contributed by atoms with Crippen LogP contribution in [0.5, 0.6) is 11.6 Å². The van der Waals surface area contributed by atoms with Gasteiger partial charge >= 0.3 is 6.36 Å². The number of nitrogens with zero attached hydrogens (tertiary/aromatic N) is 3. The Kier molecular flexibility index (Phi) is 5.03. The standard InChI is InChI=1S/C24H20ClF3N4O4/c25-15-2-3-18-16(5-15)17(33)6-19(35-18)21(34)31-22-10-23(11-22,12-22)32-9-14(8-30-32)13-1-4-20(29-7-13)36-24(26,27)28/h1-5,7-9,17,19,33H,6,10-12H2,(H,31,34)/t17-,19+,22?,23?/m1/s1. The lowest BCUT2D eigenvalue weighted by atomic mass is 9.44. The van der Waals surface area contributed by atoms with E-state index in [2.05, 4.69) is 20.1 Å². The largest absolute Gasteiger partial charge is 0.574 e. The van der Waals surface area contributed by atoms with Gasteiger partial charge in [0, 0.05) is 52.1 Å². The van der Waals surface area contributed by atoms with Crippen LogP contribution in [0.4, 0.5) is 13.2 Å². The maximum atomic E-state index is 12.9. The van der Waals surface area contributed by atoms with Crippen LogP contribution in [0, 0.1) is 0 Å². The second-order valence-electron chi connectivity index (χ2n) is 9.67.